The van der Waals surface area contributed by atoms with Crippen LogP contribution < -0.4 is 0 Å². The van der Waals surface area contributed by atoms with Crippen molar-refractivity contribution >= 4 is 15.9 Å². The van der Waals surface area contributed by atoms with Crippen LogP contribution in [0.25, 0.3) is 0 Å². The molecule has 0 spiro atoms. The van der Waals surface area contributed by atoms with Gasteiger partial charge in [-0.3, -0.25) is 9.72 Å². The third kappa shape index (κ3) is 4.09. The average Bonchev–Trinajstić information content (AvgIpc) is 2.12. The highest BCUT2D eigenvalue weighted by Gasteiger charge is 2.35. The first-order valence-corrected chi connectivity index (χ1v) is 5.44. The lowest BCUT2D eigenvalue weighted by Gasteiger charge is -2.22. The molecule has 1 rings (SSSR count). The Hall–Kier alpha value is -0.620. The summed E-state index contributed by atoms with van der Waals surface area (Å²) in [6.07, 6.45) is -2.79. The maximum absolute atomic E-state index is 12.2. The summed E-state index contributed by atoms with van der Waals surface area (Å²) in [6.45, 7) is 3.33. The largest absolute Gasteiger partial charge is 0.523 e. The van der Waals surface area contributed by atoms with Crippen LogP contribution >= 0.6 is 15.9 Å². The van der Waals surface area contributed by atoms with Gasteiger partial charge in [0.15, 0.2) is 0 Å². The van der Waals surface area contributed by atoms with E-state index in [9.17, 15) is 13.2 Å². The second-order valence-corrected chi connectivity index (χ2v) is 4.58. The van der Waals surface area contributed by atoms with Crippen molar-refractivity contribution in [3.8, 4) is 0 Å². The second kappa shape index (κ2) is 5.14. The molecule has 90 valence electrons. The normalized spacial score (nSPS) is 14.2. The molecule has 0 fully saturated rings. The zero-order valence-electron chi connectivity index (χ0n) is 8.75. The van der Waals surface area contributed by atoms with Crippen LogP contribution in [-0.2, 0) is 4.74 Å². The van der Waals surface area contributed by atoms with Crippen LogP contribution in [0, 0.1) is 5.92 Å². The van der Waals surface area contributed by atoms with Crippen molar-refractivity contribution < 1.29 is 17.9 Å². The van der Waals surface area contributed by atoms with E-state index in [2.05, 4.69) is 25.7 Å². The number of alkyl halides is 3. The highest BCUT2D eigenvalue weighted by atomic mass is 79.9. The van der Waals surface area contributed by atoms with Gasteiger partial charge in [-0.15, -0.1) is 13.2 Å². The zero-order valence-corrected chi connectivity index (χ0v) is 10.3. The van der Waals surface area contributed by atoms with Gasteiger partial charge < -0.3 is 0 Å². The SMILES string of the molecule is CC(C)C(OC(F)(F)F)c1cncc(Br)c1. The molecular formula is C10H11BrF3NO. The fraction of sp³-hybridized carbons (Fsp3) is 0.500. The number of hydrogen-bond acceptors (Lipinski definition) is 2. The van der Waals surface area contributed by atoms with Gasteiger partial charge in [-0.1, -0.05) is 13.8 Å². The standard InChI is InChI=1S/C10H11BrF3NO/c1-6(2)9(16-10(12,13)14)7-3-8(11)5-15-4-7/h3-6,9H,1-2H3. The minimum atomic E-state index is -4.64. The molecule has 2 nitrogen and oxygen atoms in total. The van der Waals surface area contributed by atoms with Crippen LogP contribution in [0.3, 0.4) is 0 Å². The van der Waals surface area contributed by atoms with Gasteiger partial charge in [-0.05, 0) is 27.9 Å². The molecule has 0 N–H and O–H groups in total. The van der Waals surface area contributed by atoms with Gasteiger partial charge in [0, 0.05) is 22.4 Å². The molecule has 0 radical (unpaired) electrons. The summed E-state index contributed by atoms with van der Waals surface area (Å²) in [7, 11) is 0. The van der Waals surface area contributed by atoms with Gasteiger partial charge in [0.05, 0.1) is 6.10 Å². The van der Waals surface area contributed by atoms with Crippen LogP contribution in [0.2, 0.25) is 0 Å². The fourth-order valence-corrected chi connectivity index (χ4v) is 1.70. The van der Waals surface area contributed by atoms with Crippen LogP contribution in [-0.4, -0.2) is 11.3 Å². The molecule has 0 aliphatic heterocycles. The molecular weight excluding hydrogens is 287 g/mol. The maximum Gasteiger partial charge on any atom is 0.523 e. The number of nitrogens with zero attached hydrogens (tertiary/aromatic N) is 1. The molecule has 6 heteroatoms. The minimum absolute atomic E-state index is 0.294. The van der Waals surface area contributed by atoms with E-state index in [1.54, 1.807) is 19.9 Å². The van der Waals surface area contributed by atoms with Gasteiger partial charge in [-0.25, -0.2) is 0 Å². The Labute approximate surface area is 100.0 Å². The molecule has 0 saturated heterocycles. The van der Waals surface area contributed by atoms with Gasteiger partial charge in [0.2, 0.25) is 0 Å². The van der Waals surface area contributed by atoms with Crippen LogP contribution in [0.5, 0.6) is 0 Å². The van der Waals surface area contributed by atoms with Crippen LogP contribution in [0.1, 0.15) is 25.5 Å². The first-order chi connectivity index (χ1) is 7.29. The predicted molar refractivity (Wildman–Crippen MR) is 56.7 cm³/mol. The number of ether oxygens (including phenoxy) is 1. The molecule has 0 bridgehead atoms. The van der Waals surface area contributed by atoms with E-state index in [1.165, 1.54) is 12.4 Å². The quantitative estimate of drug-likeness (QED) is 0.839. The molecule has 0 amide bonds. The third-order valence-electron chi connectivity index (χ3n) is 1.92. The lowest BCUT2D eigenvalue weighted by atomic mass is 10.0. The first-order valence-electron chi connectivity index (χ1n) is 4.64. The number of pyridine rings is 1. The lowest BCUT2D eigenvalue weighted by molar-refractivity contribution is -0.349. The lowest BCUT2D eigenvalue weighted by Crippen LogP contribution is -2.21. The van der Waals surface area contributed by atoms with E-state index in [4.69, 9.17) is 0 Å². The van der Waals surface area contributed by atoms with E-state index in [0.717, 1.165) is 0 Å². The molecule has 0 saturated carbocycles. The molecule has 1 aromatic rings. The topological polar surface area (TPSA) is 22.1 Å². The smallest absolute Gasteiger partial charge is 0.283 e. The molecule has 1 aromatic heterocycles. The van der Waals surface area contributed by atoms with Crippen molar-refractivity contribution in [3.63, 3.8) is 0 Å². The van der Waals surface area contributed by atoms with Crippen molar-refractivity contribution in [2.75, 3.05) is 0 Å². The van der Waals surface area contributed by atoms with Gasteiger partial charge in [0.25, 0.3) is 0 Å². The van der Waals surface area contributed by atoms with Crippen molar-refractivity contribution in [2.24, 2.45) is 5.92 Å². The molecule has 16 heavy (non-hydrogen) atoms. The van der Waals surface area contributed by atoms with E-state index in [-0.39, 0.29) is 5.92 Å². The Kier molecular flexibility index (Phi) is 4.32. The first kappa shape index (κ1) is 13.4. The third-order valence-corrected chi connectivity index (χ3v) is 2.35. The maximum atomic E-state index is 12.2. The Morgan fingerprint density at radius 1 is 1.31 bits per heavy atom. The van der Waals surface area contributed by atoms with Gasteiger partial charge in [0.1, 0.15) is 0 Å². The van der Waals surface area contributed by atoms with Crippen LogP contribution in [0.15, 0.2) is 22.9 Å². The summed E-state index contributed by atoms with van der Waals surface area (Å²) in [5.41, 5.74) is 0.404. The van der Waals surface area contributed by atoms with E-state index < -0.39 is 12.5 Å². The monoisotopic (exact) mass is 297 g/mol. The molecule has 0 aliphatic rings. The Bertz CT molecular complexity index is 354. The highest BCUT2D eigenvalue weighted by molar-refractivity contribution is 9.10. The number of aromatic nitrogens is 1. The Balaban J connectivity index is 2.94. The van der Waals surface area contributed by atoms with Crippen molar-refractivity contribution in [1.29, 1.82) is 0 Å². The van der Waals surface area contributed by atoms with Crippen molar-refractivity contribution in [1.82, 2.24) is 4.98 Å². The Morgan fingerprint density at radius 3 is 2.38 bits per heavy atom. The number of halogens is 4. The molecule has 1 heterocycles. The van der Waals surface area contributed by atoms with E-state index in [0.29, 0.717) is 10.0 Å². The summed E-state index contributed by atoms with van der Waals surface area (Å²) in [6, 6.07) is 1.57. The van der Waals surface area contributed by atoms with Crippen LogP contribution in [0.4, 0.5) is 13.2 Å². The molecule has 0 aromatic carbocycles. The second-order valence-electron chi connectivity index (χ2n) is 3.66. The highest BCUT2D eigenvalue weighted by Crippen LogP contribution is 2.33. The van der Waals surface area contributed by atoms with E-state index >= 15 is 0 Å². The zero-order chi connectivity index (χ0) is 12.3. The molecule has 1 atom stereocenters. The summed E-state index contributed by atoms with van der Waals surface area (Å²) in [5, 5.41) is 0. The number of hydrogen-bond donors (Lipinski definition) is 0. The minimum Gasteiger partial charge on any atom is -0.283 e. The van der Waals surface area contributed by atoms with E-state index in [1.807, 2.05) is 0 Å². The van der Waals surface area contributed by atoms with Crippen molar-refractivity contribution in [3.05, 3.63) is 28.5 Å². The fourth-order valence-electron chi connectivity index (χ4n) is 1.32. The summed E-state index contributed by atoms with van der Waals surface area (Å²) >= 11 is 3.16. The average molecular weight is 298 g/mol. The summed E-state index contributed by atoms with van der Waals surface area (Å²) < 4.78 is 41.3. The van der Waals surface area contributed by atoms with Crippen molar-refractivity contribution in [2.45, 2.75) is 26.3 Å². The summed E-state index contributed by atoms with van der Waals surface area (Å²) in [4.78, 5) is 3.82. The Morgan fingerprint density at radius 2 is 1.94 bits per heavy atom. The summed E-state index contributed by atoms with van der Waals surface area (Å²) in [5.74, 6) is -0.294. The molecule has 1 unspecified atom stereocenters. The molecule has 0 aliphatic carbocycles. The predicted octanol–water partition coefficient (Wildman–Crippen LogP) is 4.08. The van der Waals surface area contributed by atoms with Gasteiger partial charge >= 0.3 is 6.36 Å². The van der Waals surface area contributed by atoms with Gasteiger partial charge in [-0.2, -0.15) is 0 Å². The number of rotatable bonds is 3.